The molecule has 0 aliphatic carbocycles. The highest BCUT2D eigenvalue weighted by Crippen LogP contribution is 2.20. The second-order valence-electron chi connectivity index (χ2n) is 4.48. The normalized spacial score (nSPS) is 17.9. The van der Waals surface area contributed by atoms with Gasteiger partial charge in [-0.2, -0.15) is 0 Å². The predicted octanol–water partition coefficient (Wildman–Crippen LogP) is 0.493. The van der Waals surface area contributed by atoms with Crippen molar-refractivity contribution in [2.45, 2.75) is 18.9 Å². The SMILES string of the molecule is COC(=O)C1CCCN1C(=O)c1ccc(C(N)=S)cn1. The van der Waals surface area contributed by atoms with Crippen LogP contribution >= 0.6 is 12.2 Å². The number of pyridine rings is 1. The number of likely N-dealkylation sites (tertiary alicyclic amines) is 1. The Bertz CT molecular complexity index is 544. The Kier molecular flexibility index (Phi) is 4.29. The third-order valence-corrected chi connectivity index (χ3v) is 3.49. The summed E-state index contributed by atoms with van der Waals surface area (Å²) in [6.45, 7) is 0.525. The maximum Gasteiger partial charge on any atom is 0.328 e. The van der Waals surface area contributed by atoms with E-state index in [1.807, 2.05) is 0 Å². The van der Waals surface area contributed by atoms with E-state index in [0.717, 1.165) is 6.42 Å². The molecule has 1 unspecified atom stereocenters. The maximum absolute atomic E-state index is 12.4. The van der Waals surface area contributed by atoms with Gasteiger partial charge in [-0.15, -0.1) is 0 Å². The summed E-state index contributed by atoms with van der Waals surface area (Å²) >= 11 is 4.83. The molecular weight excluding hydrogens is 278 g/mol. The van der Waals surface area contributed by atoms with E-state index in [-0.39, 0.29) is 16.6 Å². The quantitative estimate of drug-likeness (QED) is 0.645. The van der Waals surface area contributed by atoms with Gasteiger partial charge < -0.3 is 15.4 Å². The number of amides is 1. The Labute approximate surface area is 121 Å². The van der Waals surface area contributed by atoms with Gasteiger partial charge in [-0.3, -0.25) is 9.78 Å². The van der Waals surface area contributed by atoms with Crippen molar-refractivity contribution in [3.05, 3.63) is 29.6 Å². The van der Waals surface area contributed by atoms with Gasteiger partial charge in [0.1, 0.15) is 16.7 Å². The standard InChI is InChI=1S/C13H15N3O3S/c1-19-13(18)10-3-2-6-16(10)12(17)9-5-4-8(7-15-9)11(14)20/h4-5,7,10H,2-3,6H2,1H3,(H2,14,20). The number of rotatable bonds is 3. The Hall–Kier alpha value is -2.02. The molecule has 7 heteroatoms. The number of esters is 1. The summed E-state index contributed by atoms with van der Waals surface area (Å²) in [5, 5.41) is 0. The van der Waals surface area contributed by atoms with Gasteiger partial charge in [0.2, 0.25) is 0 Å². The summed E-state index contributed by atoms with van der Waals surface area (Å²) in [6.07, 6.45) is 2.85. The number of methoxy groups -OCH3 is 1. The Balaban J connectivity index is 2.18. The van der Waals surface area contributed by atoms with E-state index in [1.54, 1.807) is 12.1 Å². The van der Waals surface area contributed by atoms with Crippen LogP contribution in [0.3, 0.4) is 0 Å². The molecule has 1 fully saturated rings. The first-order valence-corrected chi connectivity index (χ1v) is 6.60. The van der Waals surface area contributed by atoms with Crippen LogP contribution in [0.2, 0.25) is 0 Å². The molecule has 0 aromatic carbocycles. The highest BCUT2D eigenvalue weighted by molar-refractivity contribution is 7.80. The number of thiocarbonyl (C=S) groups is 1. The lowest BCUT2D eigenvalue weighted by atomic mass is 10.2. The van der Waals surface area contributed by atoms with Crippen molar-refractivity contribution in [3.63, 3.8) is 0 Å². The molecular formula is C13H15N3O3S. The van der Waals surface area contributed by atoms with E-state index in [9.17, 15) is 9.59 Å². The van der Waals surface area contributed by atoms with Crippen molar-refractivity contribution >= 4 is 29.1 Å². The smallest absolute Gasteiger partial charge is 0.328 e. The largest absolute Gasteiger partial charge is 0.467 e. The molecule has 1 atom stereocenters. The number of carbonyl (C=O) groups is 2. The van der Waals surface area contributed by atoms with Crippen molar-refractivity contribution in [1.82, 2.24) is 9.88 Å². The van der Waals surface area contributed by atoms with Gasteiger partial charge in [0, 0.05) is 18.3 Å². The molecule has 1 saturated heterocycles. The minimum atomic E-state index is -0.524. The van der Waals surface area contributed by atoms with Crippen molar-refractivity contribution < 1.29 is 14.3 Å². The van der Waals surface area contributed by atoms with Crippen LogP contribution < -0.4 is 5.73 Å². The van der Waals surface area contributed by atoms with Crippen LogP contribution in [0.4, 0.5) is 0 Å². The van der Waals surface area contributed by atoms with E-state index in [2.05, 4.69) is 4.98 Å². The molecule has 2 rings (SSSR count). The van der Waals surface area contributed by atoms with Crippen molar-refractivity contribution in [1.29, 1.82) is 0 Å². The lowest BCUT2D eigenvalue weighted by Gasteiger charge is -2.22. The lowest BCUT2D eigenvalue weighted by molar-refractivity contribution is -0.145. The molecule has 106 valence electrons. The molecule has 1 aliphatic rings. The van der Waals surface area contributed by atoms with Gasteiger partial charge in [0.25, 0.3) is 5.91 Å². The summed E-state index contributed by atoms with van der Waals surface area (Å²) in [4.78, 5) is 29.8. The first-order chi connectivity index (χ1) is 9.54. The minimum absolute atomic E-state index is 0.227. The first-order valence-electron chi connectivity index (χ1n) is 6.19. The van der Waals surface area contributed by atoms with Gasteiger partial charge in [0.15, 0.2) is 0 Å². The fraction of sp³-hybridized carbons (Fsp3) is 0.385. The summed E-state index contributed by atoms with van der Waals surface area (Å²) in [7, 11) is 1.32. The third kappa shape index (κ3) is 2.77. The molecule has 0 radical (unpaired) electrons. The van der Waals surface area contributed by atoms with Gasteiger partial charge in [-0.1, -0.05) is 12.2 Å². The number of nitrogens with zero attached hydrogens (tertiary/aromatic N) is 2. The molecule has 1 amide bonds. The maximum atomic E-state index is 12.4. The second-order valence-corrected chi connectivity index (χ2v) is 4.92. The average molecular weight is 293 g/mol. The third-order valence-electron chi connectivity index (χ3n) is 3.25. The number of nitrogens with two attached hydrogens (primary N) is 1. The van der Waals surface area contributed by atoms with Crippen LogP contribution in [0.1, 0.15) is 28.9 Å². The fourth-order valence-corrected chi connectivity index (χ4v) is 2.32. The average Bonchev–Trinajstić information content (AvgIpc) is 2.95. The predicted molar refractivity (Wildman–Crippen MR) is 76.2 cm³/mol. The zero-order chi connectivity index (χ0) is 14.7. The van der Waals surface area contributed by atoms with Gasteiger partial charge in [-0.05, 0) is 25.0 Å². The van der Waals surface area contributed by atoms with Gasteiger partial charge >= 0.3 is 5.97 Å². The summed E-state index contributed by atoms with van der Waals surface area (Å²) < 4.78 is 4.71. The molecule has 0 bridgehead atoms. The van der Waals surface area contributed by atoms with E-state index < -0.39 is 12.0 Å². The number of carbonyl (C=O) groups excluding carboxylic acids is 2. The van der Waals surface area contributed by atoms with Crippen molar-refractivity contribution in [2.24, 2.45) is 5.73 Å². The van der Waals surface area contributed by atoms with Crippen LogP contribution in [0.15, 0.2) is 18.3 Å². The molecule has 2 heterocycles. The van der Waals surface area contributed by atoms with E-state index in [1.165, 1.54) is 18.2 Å². The van der Waals surface area contributed by atoms with Crippen LogP contribution in [-0.2, 0) is 9.53 Å². The van der Waals surface area contributed by atoms with Crippen LogP contribution in [0, 0.1) is 0 Å². The first kappa shape index (κ1) is 14.4. The molecule has 2 N–H and O–H groups in total. The molecule has 6 nitrogen and oxygen atoms in total. The summed E-state index contributed by atoms with van der Waals surface area (Å²) in [6, 6.07) is 2.68. The van der Waals surface area contributed by atoms with Crippen LogP contribution in [0.25, 0.3) is 0 Å². The van der Waals surface area contributed by atoms with Crippen molar-refractivity contribution in [2.75, 3.05) is 13.7 Å². The fourth-order valence-electron chi connectivity index (χ4n) is 2.20. The molecule has 0 saturated carbocycles. The zero-order valence-electron chi connectivity index (χ0n) is 11.0. The Morgan fingerprint density at radius 3 is 2.80 bits per heavy atom. The van der Waals surface area contributed by atoms with Gasteiger partial charge in [-0.25, -0.2) is 4.79 Å². The lowest BCUT2D eigenvalue weighted by Crippen LogP contribution is -2.41. The van der Waals surface area contributed by atoms with Crippen molar-refractivity contribution in [3.8, 4) is 0 Å². The topological polar surface area (TPSA) is 85.5 Å². The van der Waals surface area contributed by atoms with Gasteiger partial charge in [0.05, 0.1) is 7.11 Å². The molecule has 1 aromatic rings. The zero-order valence-corrected chi connectivity index (χ0v) is 11.9. The molecule has 0 spiro atoms. The Morgan fingerprint density at radius 2 is 2.25 bits per heavy atom. The van der Waals surface area contributed by atoms with E-state index >= 15 is 0 Å². The highest BCUT2D eigenvalue weighted by atomic mass is 32.1. The number of hydrogen-bond acceptors (Lipinski definition) is 5. The molecule has 1 aromatic heterocycles. The van der Waals surface area contributed by atoms with Crippen LogP contribution in [-0.4, -0.2) is 46.4 Å². The highest BCUT2D eigenvalue weighted by Gasteiger charge is 2.35. The minimum Gasteiger partial charge on any atom is -0.467 e. The molecule has 20 heavy (non-hydrogen) atoms. The number of hydrogen-bond donors (Lipinski definition) is 1. The number of aromatic nitrogens is 1. The van der Waals surface area contributed by atoms with E-state index in [4.69, 9.17) is 22.7 Å². The number of ether oxygens (including phenoxy) is 1. The second kappa shape index (κ2) is 5.96. The monoisotopic (exact) mass is 293 g/mol. The van der Waals surface area contributed by atoms with E-state index in [0.29, 0.717) is 18.5 Å². The Morgan fingerprint density at radius 1 is 1.50 bits per heavy atom. The van der Waals surface area contributed by atoms with Crippen LogP contribution in [0.5, 0.6) is 0 Å². The summed E-state index contributed by atoms with van der Waals surface area (Å²) in [5.74, 6) is -0.678. The molecule has 1 aliphatic heterocycles. The summed E-state index contributed by atoms with van der Waals surface area (Å²) in [5.41, 5.74) is 6.34.